The Balaban J connectivity index is 3.58. The molecule has 0 rings (SSSR count). The lowest BCUT2D eigenvalue weighted by atomic mass is 10.1. The third-order valence-corrected chi connectivity index (χ3v) is 4.27. The molecular formula is C16H35NOS. The van der Waals surface area contributed by atoms with E-state index >= 15 is 0 Å². The Morgan fingerprint density at radius 3 is 1.84 bits per heavy atom. The third kappa shape index (κ3) is 10.7. The molecular weight excluding hydrogens is 254 g/mol. The van der Waals surface area contributed by atoms with Gasteiger partial charge in [0.25, 0.3) is 0 Å². The molecule has 0 unspecified atom stereocenters. The number of aliphatic hydroxyl groups is 1. The van der Waals surface area contributed by atoms with Crippen molar-refractivity contribution in [3.63, 3.8) is 0 Å². The standard InChI is InChI=1S/C16H35NOS/c1-3-16(4-2)17(13-14-18)12-10-8-6-5-7-9-11-15-19/h16,18-19H,3-15H2,1-2H3. The van der Waals surface area contributed by atoms with E-state index in [4.69, 9.17) is 5.11 Å². The van der Waals surface area contributed by atoms with E-state index in [1.807, 2.05) is 0 Å². The molecule has 0 aromatic carbocycles. The maximum Gasteiger partial charge on any atom is 0.0558 e. The summed E-state index contributed by atoms with van der Waals surface area (Å²) in [5, 5.41) is 9.15. The van der Waals surface area contributed by atoms with Crippen LogP contribution in [0.3, 0.4) is 0 Å². The highest BCUT2D eigenvalue weighted by Crippen LogP contribution is 2.12. The molecule has 1 N–H and O–H groups in total. The van der Waals surface area contributed by atoms with E-state index in [1.165, 1.54) is 57.8 Å². The van der Waals surface area contributed by atoms with Gasteiger partial charge in [0.2, 0.25) is 0 Å². The summed E-state index contributed by atoms with van der Waals surface area (Å²) in [5.74, 6) is 1.03. The first-order valence-electron chi connectivity index (χ1n) is 8.25. The summed E-state index contributed by atoms with van der Waals surface area (Å²) in [7, 11) is 0. The first kappa shape index (κ1) is 19.3. The lowest BCUT2D eigenvalue weighted by Crippen LogP contribution is -2.37. The smallest absolute Gasteiger partial charge is 0.0558 e. The van der Waals surface area contributed by atoms with E-state index in [0.29, 0.717) is 12.6 Å². The fourth-order valence-corrected chi connectivity index (χ4v) is 2.94. The summed E-state index contributed by atoms with van der Waals surface area (Å²) in [6.45, 7) is 6.79. The summed E-state index contributed by atoms with van der Waals surface area (Å²) in [6.07, 6.45) is 11.7. The number of hydrogen-bond acceptors (Lipinski definition) is 3. The van der Waals surface area contributed by atoms with Crippen LogP contribution >= 0.6 is 12.6 Å². The molecule has 0 aliphatic carbocycles. The van der Waals surface area contributed by atoms with Crippen molar-refractivity contribution in [1.29, 1.82) is 0 Å². The first-order valence-corrected chi connectivity index (χ1v) is 8.89. The molecule has 0 saturated heterocycles. The van der Waals surface area contributed by atoms with Crippen molar-refractivity contribution >= 4 is 12.6 Å². The second-order valence-electron chi connectivity index (χ2n) is 5.43. The maximum atomic E-state index is 9.15. The number of aliphatic hydroxyl groups excluding tert-OH is 1. The zero-order chi connectivity index (χ0) is 14.3. The number of rotatable bonds is 14. The van der Waals surface area contributed by atoms with Crippen LogP contribution in [0.25, 0.3) is 0 Å². The van der Waals surface area contributed by atoms with E-state index in [0.717, 1.165) is 18.8 Å². The van der Waals surface area contributed by atoms with Crippen LogP contribution in [-0.2, 0) is 0 Å². The van der Waals surface area contributed by atoms with E-state index < -0.39 is 0 Å². The molecule has 0 saturated carbocycles. The molecule has 0 atom stereocenters. The largest absolute Gasteiger partial charge is 0.395 e. The Morgan fingerprint density at radius 1 is 0.842 bits per heavy atom. The van der Waals surface area contributed by atoms with Gasteiger partial charge >= 0.3 is 0 Å². The van der Waals surface area contributed by atoms with Crippen molar-refractivity contribution in [3.8, 4) is 0 Å². The zero-order valence-electron chi connectivity index (χ0n) is 13.1. The van der Waals surface area contributed by atoms with Gasteiger partial charge in [0.05, 0.1) is 6.61 Å². The topological polar surface area (TPSA) is 23.5 Å². The monoisotopic (exact) mass is 289 g/mol. The molecule has 2 nitrogen and oxygen atoms in total. The van der Waals surface area contributed by atoms with E-state index in [2.05, 4.69) is 31.4 Å². The minimum absolute atomic E-state index is 0.292. The molecule has 0 amide bonds. The number of hydrogen-bond donors (Lipinski definition) is 2. The van der Waals surface area contributed by atoms with Crippen LogP contribution in [0.4, 0.5) is 0 Å². The van der Waals surface area contributed by atoms with Crippen molar-refractivity contribution < 1.29 is 5.11 Å². The minimum Gasteiger partial charge on any atom is -0.395 e. The summed E-state index contributed by atoms with van der Waals surface area (Å²) in [5.41, 5.74) is 0. The maximum absolute atomic E-state index is 9.15. The zero-order valence-corrected chi connectivity index (χ0v) is 14.0. The van der Waals surface area contributed by atoms with Gasteiger partial charge in [-0.25, -0.2) is 0 Å². The summed E-state index contributed by atoms with van der Waals surface area (Å²) >= 11 is 4.23. The van der Waals surface area contributed by atoms with Gasteiger partial charge in [0, 0.05) is 12.6 Å². The van der Waals surface area contributed by atoms with Crippen molar-refractivity contribution in [3.05, 3.63) is 0 Å². The quantitative estimate of drug-likeness (QED) is 0.371. The number of unbranched alkanes of at least 4 members (excludes halogenated alkanes) is 6. The normalized spacial score (nSPS) is 11.7. The van der Waals surface area contributed by atoms with Gasteiger partial charge in [-0.1, -0.05) is 46.0 Å². The third-order valence-electron chi connectivity index (χ3n) is 3.95. The fourth-order valence-electron chi connectivity index (χ4n) is 2.72. The molecule has 19 heavy (non-hydrogen) atoms. The molecule has 0 fully saturated rings. The second-order valence-corrected chi connectivity index (χ2v) is 5.88. The Bertz CT molecular complexity index is 174. The van der Waals surface area contributed by atoms with Gasteiger partial charge < -0.3 is 5.11 Å². The highest BCUT2D eigenvalue weighted by atomic mass is 32.1. The molecule has 0 spiro atoms. The van der Waals surface area contributed by atoms with Gasteiger partial charge in [-0.3, -0.25) is 4.90 Å². The molecule has 0 aromatic rings. The highest BCUT2D eigenvalue weighted by Gasteiger charge is 2.13. The summed E-state index contributed by atoms with van der Waals surface area (Å²) in [4.78, 5) is 2.47. The minimum atomic E-state index is 0.292. The fraction of sp³-hybridized carbons (Fsp3) is 1.00. The van der Waals surface area contributed by atoms with E-state index in [1.54, 1.807) is 0 Å². The number of nitrogens with zero attached hydrogens (tertiary/aromatic N) is 1. The van der Waals surface area contributed by atoms with Crippen LogP contribution in [0.2, 0.25) is 0 Å². The predicted molar refractivity (Wildman–Crippen MR) is 89.2 cm³/mol. The van der Waals surface area contributed by atoms with Crippen LogP contribution in [0, 0.1) is 0 Å². The molecule has 0 bridgehead atoms. The average molecular weight is 290 g/mol. The molecule has 0 aliphatic rings. The molecule has 0 aliphatic heterocycles. The lowest BCUT2D eigenvalue weighted by molar-refractivity contribution is 0.141. The molecule has 3 heteroatoms. The Kier molecular flexibility index (Phi) is 14.9. The molecule has 116 valence electrons. The van der Waals surface area contributed by atoms with Crippen LogP contribution in [0.1, 0.15) is 71.6 Å². The van der Waals surface area contributed by atoms with Crippen molar-refractivity contribution in [1.82, 2.24) is 4.90 Å². The predicted octanol–water partition coefficient (Wildman–Crippen LogP) is 4.13. The summed E-state index contributed by atoms with van der Waals surface area (Å²) < 4.78 is 0. The SMILES string of the molecule is CCC(CC)N(CCO)CCCCCCCCCS. The average Bonchev–Trinajstić information content (AvgIpc) is 2.43. The van der Waals surface area contributed by atoms with Crippen LogP contribution < -0.4 is 0 Å². The van der Waals surface area contributed by atoms with Crippen molar-refractivity contribution in [2.75, 3.05) is 25.4 Å². The Hall–Kier alpha value is 0.270. The molecule has 0 aromatic heterocycles. The highest BCUT2D eigenvalue weighted by molar-refractivity contribution is 7.80. The van der Waals surface area contributed by atoms with Crippen molar-refractivity contribution in [2.45, 2.75) is 77.7 Å². The first-order chi connectivity index (χ1) is 9.29. The van der Waals surface area contributed by atoms with Gasteiger partial charge in [-0.2, -0.15) is 12.6 Å². The van der Waals surface area contributed by atoms with Crippen LogP contribution in [0.15, 0.2) is 0 Å². The summed E-state index contributed by atoms with van der Waals surface area (Å²) in [6, 6.07) is 0.655. The number of thiol groups is 1. The molecule has 0 heterocycles. The van der Waals surface area contributed by atoms with Gasteiger partial charge in [0.1, 0.15) is 0 Å². The Labute approximate surface area is 126 Å². The Morgan fingerprint density at radius 2 is 1.37 bits per heavy atom. The second kappa shape index (κ2) is 14.7. The van der Waals surface area contributed by atoms with E-state index in [-0.39, 0.29) is 0 Å². The van der Waals surface area contributed by atoms with Gasteiger partial charge in [-0.05, 0) is 38.0 Å². The van der Waals surface area contributed by atoms with Crippen LogP contribution in [0.5, 0.6) is 0 Å². The van der Waals surface area contributed by atoms with Gasteiger partial charge in [0.15, 0.2) is 0 Å². The lowest BCUT2D eigenvalue weighted by Gasteiger charge is -2.29. The van der Waals surface area contributed by atoms with Crippen LogP contribution in [-0.4, -0.2) is 41.5 Å². The van der Waals surface area contributed by atoms with Gasteiger partial charge in [-0.15, -0.1) is 0 Å². The van der Waals surface area contributed by atoms with Crippen molar-refractivity contribution in [2.24, 2.45) is 0 Å². The van der Waals surface area contributed by atoms with E-state index in [9.17, 15) is 0 Å². The molecule has 0 radical (unpaired) electrons.